The third kappa shape index (κ3) is 4.56. The summed E-state index contributed by atoms with van der Waals surface area (Å²) in [6.45, 7) is 3.25. The quantitative estimate of drug-likeness (QED) is 0.650. The number of hydrogen-bond acceptors (Lipinski definition) is 5. The van der Waals surface area contributed by atoms with E-state index in [1.165, 1.54) is 10.8 Å². The lowest BCUT2D eigenvalue weighted by molar-refractivity contribution is -0.131. The number of aromatic nitrogens is 3. The van der Waals surface area contributed by atoms with Gasteiger partial charge in [-0.15, -0.1) is 0 Å². The summed E-state index contributed by atoms with van der Waals surface area (Å²) in [6, 6.07) is 9.96. The first-order valence-electron chi connectivity index (χ1n) is 10.4. The molecule has 3 aromatic rings. The van der Waals surface area contributed by atoms with Gasteiger partial charge in [-0.2, -0.15) is 0 Å². The minimum atomic E-state index is -3.24. The van der Waals surface area contributed by atoms with Crippen molar-refractivity contribution in [3.8, 4) is 0 Å². The summed E-state index contributed by atoms with van der Waals surface area (Å²) in [5.41, 5.74) is 3.08. The molecule has 164 valence electrons. The van der Waals surface area contributed by atoms with Crippen molar-refractivity contribution < 1.29 is 13.2 Å². The van der Waals surface area contributed by atoms with E-state index in [0.29, 0.717) is 25.2 Å². The van der Waals surface area contributed by atoms with Crippen LogP contribution < -0.4 is 5.56 Å². The zero-order valence-electron chi connectivity index (χ0n) is 17.7. The first kappa shape index (κ1) is 21.3. The summed E-state index contributed by atoms with van der Waals surface area (Å²) < 4.78 is 24.6. The Balaban J connectivity index is 1.39. The van der Waals surface area contributed by atoms with Gasteiger partial charge in [-0.1, -0.05) is 19.1 Å². The summed E-state index contributed by atoms with van der Waals surface area (Å²) in [7, 11) is -3.24. The smallest absolute Gasteiger partial charge is 0.272 e. The maximum Gasteiger partial charge on any atom is 0.272 e. The van der Waals surface area contributed by atoms with E-state index in [1.54, 1.807) is 30.3 Å². The highest BCUT2D eigenvalue weighted by atomic mass is 32.2. The maximum absolute atomic E-state index is 12.7. The molecule has 1 aliphatic rings. The molecule has 4 rings (SSSR count). The first-order chi connectivity index (χ1) is 14.7. The summed E-state index contributed by atoms with van der Waals surface area (Å²) in [5.74, 6) is 0.275. The minimum absolute atomic E-state index is 0.0349. The van der Waals surface area contributed by atoms with Gasteiger partial charge in [0.25, 0.3) is 5.56 Å². The SMILES string of the molecule is CCc1cc(=O)n2[nH]c(C3CCN(C(=O)Cc4ccc(S(C)(=O)=O)cc4)CC3)cc2n1. The van der Waals surface area contributed by atoms with Crippen molar-refractivity contribution in [2.75, 3.05) is 19.3 Å². The average Bonchev–Trinajstić information content (AvgIpc) is 3.18. The van der Waals surface area contributed by atoms with Crippen LogP contribution in [0.3, 0.4) is 0 Å². The molecule has 2 aromatic heterocycles. The number of benzene rings is 1. The number of fused-ring (bicyclic) bond motifs is 1. The van der Waals surface area contributed by atoms with E-state index < -0.39 is 9.84 Å². The monoisotopic (exact) mass is 442 g/mol. The third-order valence-electron chi connectivity index (χ3n) is 5.88. The van der Waals surface area contributed by atoms with E-state index in [0.717, 1.165) is 29.8 Å². The summed E-state index contributed by atoms with van der Waals surface area (Å²) in [5, 5.41) is 3.18. The molecule has 1 fully saturated rings. The van der Waals surface area contributed by atoms with Gasteiger partial charge >= 0.3 is 0 Å². The van der Waals surface area contributed by atoms with Crippen LogP contribution in [0.4, 0.5) is 0 Å². The number of H-pyrrole nitrogens is 1. The van der Waals surface area contributed by atoms with Crippen LogP contribution in [0.2, 0.25) is 0 Å². The number of amides is 1. The molecule has 0 saturated carbocycles. The van der Waals surface area contributed by atoms with E-state index >= 15 is 0 Å². The summed E-state index contributed by atoms with van der Waals surface area (Å²) in [6.07, 6.45) is 3.74. The van der Waals surface area contributed by atoms with Crippen molar-refractivity contribution in [3.05, 3.63) is 63.7 Å². The van der Waals surface area contributed by atoms with Crippen molar-refractivity contribution in [1.29, 1.82) is 0 Å². The predicted octanol–water partition coefficient (Wildman–Crippen LogP) is 1.94. The highest BCUT2D eigenvalue weighted by molar-refractivity contribution is 7.90. The standard InChI is InChI=1S/C22H26N4O4S/c1-3-17-13-22(28)26-20(23-17)14-19(24-26)16-8-10-25(11-9-16)21(27)12-15-4-6-18(7-5-15)31(2,29)30/h4-7,13-14,16,24H,3,8-12H2,1-2H3. The van der Waals surface area contributed by atoms with Gasteiger partial charge in [0.2, 0.25) is 5.91 Å². The zero-order valence-corrected chi connectivity index (χ0v) is 18.5. The fourth-order valence-electron chi connectivity index (χ4n) is 4.03. The lowest BCUT2D eigenvalue weighted by Gasteiger charge is -2.31. The van der Waals surface area contributed by atoms with Crippen molar-refractivity contribution in [1.82, 2.24) is 19.5 Å². The van der Waals surface area contributed by atoms with Gasteiger partial charge in [-0.25, -0.2) is 17.9 Å². The molecule has 0 atom stereocenters. The molecule has 8 nitrogen and oxygen atoms in total. The molecular formula is C22H26N4O4S. The third-order valence-corrected chi connectivity index (χ3v) is 7.01. The van der Waals surface area contributed by atoms with Gasteiger partial charge in [0.1, 0.15) is 0 Å². The number of carbonyl (C=O) groups is 1. The minimum Gasteiger partial charge on any atom is -0.342 e. The Morgan fingerprint density at radius 3 is 2.45 bits per heavy atom. The van der Waals surface area contributed by atoms with Gasteiger partial charge in [0.15, 0.2) is 15.5 Å². The Morgan fingerprint density at radius 2 is 1.84 bits per heavy atom. The number of rotatable bonds is 5. The number of nitrogens with one attached hydrogen (secondary N) is 1. The first-order valence-corrected chi connectivity index (χ1v) is 12.3. The topological polar surface area (TPSA) is 105 Å². The van der Waals surface area contributed by atoms with Crippen LogP contribution in [0.25, 0.3) is 5.65 Å². The number of likely N-dealkylation sites (tertiary alicyclic amines) is 1. The number of nitrogens with zero attached hydrogens (tertiary/aromatic N) is 3. The Kier molecular flexibility index (Phi) is 5.70. The molecule has 9 heteroatoms. The van der Waals surface area contributed by atoms with Crippen molar-refractivity contribution in [2.45, 2.75) is 43.4 Å². The molecule has 0 unspecified atom stereocenters. The van der Waals surface area contributed by atoms with Crippen LogP contribution in [0, 0.1) is 0 Å². The molecule has 0 aliphatic carbocycles. The van der Waals surface area contributed by atoms with Crippen LogP contribution in [-0.4, -0.2) is 53.2 Å². The molecule has 0 bridgehead atoms. The van der Waals surface area contributed by atoms with Crippen LogP contribution >= 0.6 is 0 Å². The molecule has 0 spiro atoms. The number of carbonyl (C=O) groups excluding carboxylic acids is 1. The van der Waals surface area contributed by atoms with Crippen LogP contribution in [-0.2, 0) is 27.5 Å². The lowest BCUT2D eigenvalue weighted by Crippen LogP contribution is -2.38. The Morgan fingerprint density at radius 1 is 1.16 bits per heavy atom. The average molecular weight is 443 g/mol. The molecule has 1 aromatic carbocycles. The van der Waals surface area contributed by atoms with Crippen LogP contribution in [0.15, 0.2) is 46.1 Å². The summed E-state index contributed by atoms with van der Waals surface area (Å²) >= 11 is 0. The fourth-order valence-corrected chi connectivity index (χ4v) is 4.66. The number of sulfone groups is 1. The predicted molar refractivity (Wildman–Crippen MR) is 117 cm³/mol. The zero-order chi connectivity index (χ0) is 22.2. The number of piperidine rings is 1. The normalized spacial score (nSPS) is 15.5. The molecular weight excluding hydrogens is 416 g/mol. The van der Waals surface area contributed by atoms with Crippen molar-refractivity contribution >= 4 is 21.4 Å². The number of aromatic amines is 1. The van der Waals surface area contributed by atoms with E-state index in [-0.39, 0.29) is 28.7 Å². The van der Waals surface area contributed by atoms with Crippen LogP contribution in [0.5, 0.6) is 0 Å². The lowest BCUT2D eigenvalue weighted by atomic mass is 9.93. The van der Waals surface area contributed by atoms with E-state index in [4.69, 9.17) is 0 Å². The van der Waals surface area contributed by atoms with Gasteiger partial charge in [-0.3, -0.25) is 14.7 Å². The number of aryl methyl sites for hydroxylation is 1. The van der Waals surface area contributed by atoms with Crippen LogP contribution in [0.1, 0.15) is 42.6 Å². The van der Waals surface area contributed by atoms with Gasteiger partial charge in [-0.05, 0) is 37.0 Å². The molecule has 1 saturated heterocycles. The molecule has 1 amide bonds. The van der Waals surface area contributed by atoms with E-state index in [1.807, 2.05) is 17.9 Å². The fraction of sp³-hybridized carbons (Fsp3) is 0.409. The number of hydrogen-bond donors (Lipinski definition) is 1. The molecule has 3 heterocycles. The van der Waals surface area contributed by atoms with Crippen molar-refractivity contribution in [2.24, 2.45) is 0 Å². The second kappa shape index (κ2) is 8.30. The second-order valence-corrected chi connectivity index (χ2v) is 10.1. The van der Waals surface area contributed by atoms with E-state index in [2.05, 4.69) is 10.1 Å². The van der Waals surface area contributed by atoms with Crippen molar-refractivity contribution in [3.63, 3.8) is 0 Å². The Hall–Kier alpha value is -2.94. The molecule has 0 radical (unpaired) electrons. The Bertz CT molecular complexity index is 1270. The highest BCUT2D eigenvalue weighted by Gasteiger charge is 2.25. The summed E-state index contributed by atoms with van der Waals surface area (Å²) in [4.78, 5) is 31.6. The van der Waals surface area contributed by atoms with Gasteiger partial charge in [0.05, 0.1) is 11.3 Å². The van der Waals surface area contributed by atoms with Gasteiger partial charge in [0, 0.05) is 48.8 Å². The molecule has 31 heavy (non-hydrogen) atoms. The highest BCUT2D eigenvalue weighted by Crippen LogP contribution is 2.27. The second-order valence-electron chi connectivity index (χ2n) is 8.09. The Labute approximate surface area is 180 Å². The maximum atomic E-state index is 12.7. The largest absolute Gasteiger partial charge is 0.342 e. The molecule has 1 N–H and O–H groups in total. The molecule has 1 aliphatic heterocycles. The van der Waals surface area contributed by atoms with E-state index in [9.17, 15) is 18.0 Å². The van der Waals surface area contributed by atoms with Gasteiger partial charge < -0.3 is 4.90 Å².